The van der Waals surface area contributed by atoms with Crippen LogP contribution in [0.5, 0.6) is 0 Å². The van der Waals surface area contributed by atoms with Crippen LogP contribution in [0.4, 0.5) is 11.8 Å². The van der Waals surface area contributed by atoms with Crippen LogP contribution in [0.25, 0.3) is 0 Å². The zero-order valence-electron chi connectivity index (χ0n) is 19.3. The van der Waals surface area contributed by atoms with Crippen LogP contribution in [0.15, 0.2) is 53.2 Å². The highest BCUT2D eigenvalue weighted by Crippen LogP contribution is 2.26. The molecule has 0 spiro atoms. The second-order valence-corrected chi connectivity index (χ2v) is 9.54. The third-order valence-electron chi connectivity index (χ3n) is 5.01. The van der Waals surface area contributed by atoms with E-state index in [0.717, 1.165) is 16.3 Å². The fourth-order valence-corrected chi connectivity index (χ4v) is 4.04. The molecular formula is C24H27ClN8OS. The Kier molecular flexibility index (Phi) is 8.27. The number of rotatable bonds is 12. The molecule has 1 aliphatic rings. The van der Waals surface area contributed by atoms with Gasteiger partial charge in [-0.25, -0.2) is 9.97 Å². The van der Waals surface area contributed by atoms with Crippen LogP contribution in [-0.4, -0.2) is 33.6 Å². The SMILES string of the molecule is C=C(N/N=C/C1CC1)Nc1cc(C)nc(NCc2nc(C(=O)NCCc3cccc(Cl)c3)cs2)n1. The van der Waals surface area contributed by atoms with Crippen molar-refractivity contribution >= 4 is 46.8 Å². The number of hydrazone groups is 1. The van der Waals surface area contributed by atoms with Crippen LogP contribution in [0.1, 0.15) is 39.6 Å². The molecule has 0 saturated heterocycles. The minimum atomic E-state index is -0.205. The number of carbonyl (C=O) groups is 1. The standard InChI is InChI=1S/C24H27ClN8OS/c1-15-10-21(30-16(2)33-28-12-18-6-7-18)32-24(29-15)27-13-22-31-20(14-35-22)23(34)26-9-8-17-4-3-5-19(25)11-17/h3-5,10-12,14,18,33H,2,6-9,13H2,1H3,(H,26,34)(H2,27,29,30,32)/b28-12+. The molecule has 1 saturated carbocycles. The van der Waals surface area contributed by atoms with Gasteiger partial charge in [0.05, 0.1) is 6.54 Å². The molecule has 1 aromatic carbocycles. The van der Waals surface area contributed by atoms with E-state index in [0.29, 0.717) is 53.7 Å². The molecule has 4 rings (SSSR count). The van der Waals surface area contributed by atoms with E-state index in [2.05, 4.69) is 48.0 Å². The minimum Gasteiger partial charge on any atom is -0.350 e. The molecule has 35 heavy (non-hydrogen) atoms. The van der Waals surface area contributed by atoms with Crippen molar-refractivity contribution in [2.75, 3.05) is 17.2 Å². The summed E-state index contributed by atoms with van der Waals surface area (Å²) in [6.07, 6.45) is 4.98. The molecule has 2 aromatic heterocycles. The van der Waals surface area contributed by atoms with Crippen LogP contribution in [-0.2, 0) is 13.0 Å². The highest BCUT2D eigenvalue weighted by atomic mass is 35.5. The number of aryl methyl sites for hydroxylation is 1. The molecule has 11 heteroatoms. The topological polar surface area (TPSA) is 116 Å². The van der Waals surface area contributed by atoms with Crippen LogP contribution >= 0.6 is 22.9 Å². The number of thiazole rings is 1. The monoisotopic (exact) mass is 510 g/mol. The molecule has 1 aliphatic carbocycles. The second kappa shape index (κ2) is 11.8. The van der Waals surface area contributed by atoms with E-state index in [4.69, 9.17) is 11.6 Å². The predicted molar refractivity (Wildman–Crippen MR) is 141 cm³/mol. The number of nitrogens with one attached hydrogen (secondary N) is 4. The molecular weight excluding hydrogens is 484 g/mol. The average Bonchev–Trinajstić information content (AvgIpc) is 3.51. The first-order chi connectivity index (χ1) is 16.9. The molecule has 3 aromatic rings. The number of carbonyl (C=O) groups excluding carboxylic acids is 1. The van der Waals surface area contributed by atoms with E-state index >= 15 is 0 Å². The van der Waals surface area contributed by atoms with Gasteiger partial charge in [-0.3, -0.25) is 10.2 Å². The van der Waals surface area contributed by atoms with Crippen molar-refractivity contribution in [3.05, 3.63) is 75.1 Å². The van der Waals surface area contributed by atoms with Crippen molar-refractivity contribution < 1.29 is 4.79 Å². The van der Waals surface area contributed by atoms with Crippen LogP contribution < -0.4 is 21.4 Å². The van der Waals surface area contributed by atoms with Gasteiger partial charge in [0.1, 0.15) is 22.3 Å². The van der Waals surface area contributed by atoms with E-state index in [1.54, 1.807) is 5.38 Å². The predicted octanol–water partition coefficient (Wildman–Crippen LogP) is 4.35. The molecule has 0 aliphatic heterocycles. The molecule has 2 heterocycles. The zero-order chi connectivity index (χ0) is 24.6. The number of halogens is 1. The van der Waals surface area contributed by atoms with Crippen LogP contribution in [0.3, 0.4) is 0 Å². The number of benzene rings is 1. The normalized spacial score (nSPS) is 13.0. The first-order valence-electron chi connectivity index (χ1n) is 11.3. The van der Waals surface area contributed by atoms with Gasteiger partial charge in [-0.05, 0) is 49.8 Å². The van der Waals surface area contributed by atoms with Crippen LogP contribution in [0, 0.1) is 12.8 Å². The lowest BCUT2D eigenvalue weighted by Crippen LogP contribution is -2.26. The zero-order valence-corrected chi connectivity index (χ0v) is 20.9. The Bertz CT molecular complexity index is 1220. The Balaban J connectivity index is 1.25. The summed E-state index contributed by atoms with van der Waals surface area (Å²) in [7, 11) is 0. The Morgan fingerprint density at radius 1 is 1.29 bits per heavy atom. The van der Waals surface area contributed by atoms with Crippen molar-refractivity contribution in [3.8, 4) is 0 Å². The van der Waals surface area contributed by atoms with Crippen molar-refractivity contribution in [2.45, 2.75) is 32.7 Å². The largest absolute Gasteiger partial charge is 0.350 e. The van der Waals surface area contributed by atoms with E-state index in [1.165, 1.54) is 24.2 Å². The number of anilines is 2. The molecule has 4 N–H and O–H groups in total. The number of aromatic nitrogens is 3. The lowest BCUT2D eigenvalue weighted by atomic mass is 10.1. The first kappa shape index (κ1) is 24.6. The summed E-state index contributed by atoms with van der Waals surface area (Å²) in [4.78, 5) is 25.7. The molecule has 1 amide bonds. The summed E-state index contributed by atoms with van der Waals surface area (Å²) in [5, 5.41) is 16.5. The average molecular weight is 511 g/mol. The quantitative estimate of drug-likeness (QED) is 0.211. The fraction of sp³-hybridized carbons (Fsp3) is 0.292. The highest BCUT2D eigenvalue weighted by molar-refractivity contribution is 7.09. The van der Waals surface area contributed by atoms with E-state index < -0.39 is 0 Å². The van der Waals surface area contributed by atoms with Gasteiger partial charge in [0.25, 0.3) is 5.91 Å². The summed E-state index contributed by atoms with van der Waals surface area (Å²) in [5.74, 6) is 1.95. The maximum Gasteiger partial charge on any atom is 0.270 e. The highest BCUT2D eigenvalue weighted by Gasteiger charge is 2.18. The molecule has 0 unspecified atom stereocenters. The Morgan fingerprint density at radius 3 is 2.94 bits per heavy atom. The van der Waals surface area contributed by atoms with Crippen molar-refractivity contribution in [2.24, 2.45) is 11.0 Å². The summed E-state index contributed by atoms with van der Waals surface area (Å²) in [6.45, 7) is 6.70. The number of hydrogen-bond acceptors (Lipinski definition) is 9. The van der Waals surface area contributed by atoms with E-state index in [1.807, 2.05) is 43.5 Å². The molecule has 0 radical (unpaired) electrons. The summed E-state index contributed by atoms with van der Waals surface area (Å²) in [5.41, 5.74) is 5.12. The van der Waals surface area contributed by atoms with Gasteiger partial charge in [0.2, 0.25) is 5.95 Å². The van der Waals surface area contributed by atoms with E-state index in [-0.39, 0.29) is 5.91 Å². The van der Waals surface area contributed by atoms with Gasteiger partial charge < -0.3 is 16.0 Å². The number of hydrogen-bond donors (Lipinski definition) is 4. The maximum atomic E-state index is 12.4. The summed E-state index contributed by atoms with van der Waals surface area (Å²) in [6, 6.07) is 9.41. The van der Waals surface area contributed by atoms with Gasteiger partial charge in [0.15, 0.2) is 0 Å². The number of amides is 1. The lowest BCUT2D eigenvalue weighted by molar-refractivity contribution is 0.0949. The second-order valence-electron chi connectivity index (χ2n) is 8.16. The van der Waals surface area contributed by atoms with Crippen LogP contribution in [0.2, 0.25) is 5.02 Å². The van der Waals surface area contributed by atoms with Crippen molar-refractivity contribution in [1.82, 2.24) is 25.7 Å². The van der Waals surface area contributed by atoms with Crippen molar-refractivity contribution in [3.63, 3.8) is 0 Å². The Labute approximate surface area is 213 Å². The summed E-state index contributed by atoms with van der Waals surface area (Å²) < 4.78 is 0. The molecule has 1 fully saturated rings. The maximum absolute atomic E-state index is 12.4. The first-order valence-corrected chi connectivity index (χ1v) is 12.5. The smallest absolute Gasteiger partial charge is 0.270 e. The molecule has 0 bridgehead atoms. The van der Waals surface area contributed by atoms with E-state index in [9.17, 15) is 4.79 Å². The minimum absolute atomic E-state index is 0.205. The van der Waals surface area contributed by atoms with Gasteiger partial charge in [-0.1, -0.05) is 30.3 Å². The third kappa shape index (κ3) is 8.04. The summed E-state index contributed by atoms with van der Waals surface area (Å²) >= 11 is 7.40. The fourth-order valence-electron chi connectivity index (χ4n) is 3.11. The third-order valence-corrected chi connectivity index (χ3v) is 6.09. The lowest BCUT2D eigenvalue weighted by Gasteiger charge is -2.10. The molecule has 182 valence electrons. The van der Waals surface area contributed by atoms with Gasteiger partial charge in [0, 0.05) is 34.9 Å². The molecule has 9 nitrogen and oxygen atoms in total. The van der Waals surface area contributed by atoms with Gasteiger partial charge in [-0.15, -0.1) is 11.3 Å². The molecule has 0 atom stereocenters. The Hall–Kier alpha value is -3.50. The Morgan fingerprint density at radius 2 is 2.14 bits per heavy atom. The van der Waals surface area contributed by atoms with Gasteiger partial charge >= 0.3 is 0 Å². The number of nitrogens with zero attached hydrogens (tertiary/aromatic N) is 4. The van der Waals surface area contributed by atoms with Crippen molar-refractivity contribution in [1.29, 1.82) is 0 Å². The van der Waals surface area contributed by atoms with Gasteiger partial charge in [-0.2, -0.15) is 10.1 Å².